The third-order valence-corrected chi connectivity index (χ3v) is 6.57. The van der Waals surface area contributed by atoms with Crippen LogP contribution in [-0.2, 0) is 21.5 Å². The standard InChI is InChI=1S/C20H18ClNO6S3/c1-27-17-10-14(4-7-16(17)28-12-13-2-5-15(21)6-3-13)11-18-19(23)22(20(29)30-18)8-9-31(24,25)26/h2-7,10-11H,8-9,12H2,1H3,(H,24,25,26)/b18-11-. The van der Waals surface area contributed by atoms with E-state index in [2.05, 4.69) is 0 Å². The largest absolute Gasteiger partial charge is 0.493 e. The molecule has 0 radical (unpaired) electrons. The van der Waals surface area contributed by atoms with Crippen LogP contribution < -0.4 is 9.47 Å². The molecule has 0 spiro atoms. The molecule has 0 saturated carbocycles. The number of methoxy groups -OCH3 is 1. The van der Waals surface area contributed by atoms with Crippen LogP contribution in [0.4, 0.5) is 0 Å². The van der Waals surface area contributed by atoms with Gasteiger partial charge in [-0.1, -0.05) is 53.8 Å². The number of thioether (sulfide) groups is 1. The number of carbonyl (C=O) groups is 1. The molecule has 0 bridgehead atoms. The number of carbonyl (C=O) groups excluding carboxylic acids is 1. The molecule has 31 heavy (non-hydrogen) atoms. The van der Waals surface area contributed by atoms with Crippen molar-refractivity contribution >= 4 is 62.0 Å². The Morgan fingerprint density at radius 3 is 2.55 bits per heavy atom. The third-order valence-electron chi connectivity index (χ3n) is 4.24. The summed E-state index contributed by atoms with van der Waals surface area (Å²) in [7, 11) is -2.68. The summed E-state index contributed by atoms with van der Waals surface area (Å²) in [4.78, 5) is 14.0. The minimum Gasteiger partial charge on any atom is -0.493 e. The summed E-state index contributed by atoms with van der Waals surface area (Å²) in [6.07, 6.45) is 1.64. The number of nitrogens with zero attached hydrogens (tertiary/aromatic N) is 1. The van der Waals surface area contributed by atoms with Crippen LogP contribution in [0, 0.1) is 0 Å². The summed E-state index contributed by atoms with van der Waals surface area (Å²) < 4.78 is 42.3. The molecule has 0 atom stereocenters. The van der Waals surface area contributed by atoms with E-state index in [0.717, 1.165) is 22.2 Å². The second kappa shape index (κ2) is 10.0. The van der Waals surface area contributed by atoms with Crippen LogP contribution in [0.5, 0.6) is 11.5 Å². The fraction of sp³-hybridized carbons (Fsp3) is 0.200. The van der Waals surface area contributed by atoms with Gasteiger partial charge in [0.15, 0.2) is 11.5 Å². The normalized spacial score (nSPS) is 15.6. The van der Waals surface area contributed by atoms with Crippen LogP contribution in [0.3, 0.4) is 0 Å². The Morgan fingerprint density at radius 1 is 1.19 bits per heavy atom. The fourth-order valence-electron chi connectivity index (χ4n) is 2.69. The molecule has 2 aromatic rings. The van der Waals surface area contributed by atoms with Crippen LogP contribution in [0.1, 0.15) is 11.1 Å². The Kier molecular flexibility index (Phi) is 7.60. The van der Waals surface area contributed by atoms with Gasteiger partial charge in [-0.05, 0) is 41.5 Å². The molecular formula is C20H18ClNO6S3. The predicted octanol–water partition coefficient (Wildman–Crippen LogP) is 4.02. The van der Waals surface area contributed by atoms with Crippen molar-refractivity contribution in [3.05, 3.63) is 63.5 Å². The van der Waals surface area contributed by atoms with Gasteiger partial charge in [0.05, 0.1) is 17.8 Å². The number of benzene rings is 2. The Bertz CT molecular complexity index is 1130. The van der Waals surface area contributed by atoms with E-state index in [1.165, 1.54) is 7.11 Å². The van der Waals surface area contributed by atoms with E-state index in [1.807, 2.05) is 12.1 Å². The molecule has 164 valence electrons. The van der Waals surface area contributed by atoms with E-state index in [9.17, 15) is 13.2 Å². The van der Waals surface area contributed by atoms with Gasteiger partial charge in [-0.2, -0.15) is 8.42 Å². The molecule has 0 unspecified atom stereocenters. The van der Waals surface area contributed by atoms with Crippen LogP contribution in [0.25, 0.3) is 6.08 Å². The second-order valence-corrected chi connectivity index (χ2v) is 10.1. The maximum atomic E-state index is 12.5. The smallest absolute Gasteiger partial charge is 0.266 e. The van der Waals surface area contributed by atoms with Crippen molar-refractivity contribution < 1.29 is 27.2 Å². The molecule has 2 aromatic carbocycles. The monoisotopic (exact) mass is 499 g/mol. The van der Waals surface area contributed by atoms with Gasteiger partial charge < -0.3 is 9.47 Å². The highest BCUT2D eigenvalue weighted by molar-refractivity contribution is 8.26. The topological polar surface area (TPSA) is 93.1 Å². The van der Waals surface area contributed by atoms with Crippen molar-refractivity contribution in [1.29, 1.82) is 0 Å². The van der Waals surface area contributed by atoms with Gasteiger partial charge in [-0.25, -0.2) is 0 Å². The zero-order valence-electron chi connectivity index (χ0n) is 16.3. The highest BCUT2D eigenvalue weighted by Crippen LogP contribution is 2.35. The highest BCUT2D eigenvalue weighted by atomic mass is 35.5. The lowest BCUT2D eigenvalue weighted by Gasteiger charge is -2.13. The molecule has 3 rings (SSSR count). The molecule has 11 heteroatoms. The number of amides is 1. The lowest BCUT2D eigenvalue weighted by atomic mass is 10.1. The molecule has 1 N–H and O–H groups in total. The number of halogens is 1. The number of hydrogen-bond donors (Lipinski definition) is 1. The zero-order chi connectivity index (χ0) is 22.6. The molecule has 1 amide bonds. The first-order valence-corrected chi connectivity index (χ1v) is 12.1. The van der Waals surface area contributed by atoms with Crippen molar-refractivity contribution in [2.24, 2.45) is 0 Å². The summed E-state index contributed by atoms with van der Waals surface area (Å²) in [6.45, 7) is 0.126. The third kappa shape index (κ3) is 6.44. The van der Waals surface area contributed by atoms with E-state index < -0.39 is 21.8 Å². The van der Waals surface area contributed by atoms with E-state index in [0.29, 0.717) is 33.6 Å². The Morgan fingerprint density at radius 2 is 1.90 bits per heavy atom. The number of ether oxygens (including phenoxy) is 2. The van der Waals surface area contributed by atoms with E-state index in [4.69, 9.17) is 37.8 Å². The summed E-state index contributed by atoms with van der Waals surface area (Å²) in [5, 5.41) is 0.647. The van der Waals surface area contributed by atoms with Crippen molar-refractivity contribution in [2.45, 2.75) is 6.61 Å². The van der Waals surface area contributed by atoms with Crippen LogP contribution in [0.15, 0.2) is 47.4 Å². The maximum absolute atomic E-state index is 12.5. The second-order valence-electron chi connectivity index (χ2n) is 6.44. The highest BCUT2D eigenvalue weighted by Gasteiger charge is 2.32. The lowest BCUT2D eigenvalue weighted by Crippen LogP contribution is -2.32. The summed E-state index contributed by atoms with van der Waals surface area (Å²) in [5.41, 5.74) is 1.63. The van der Waals surface area contributed by atoms with Gasteiger partial charge >= 0.3 is 0 Å². The SMILES string of the molecule is COc1cc(/C=C2\SC(=S)N(CCS(=O)(=O)O)C2=O)ccc1OCc1ccc(Cl)cc1. The van der Waals surface area contributed by atoms with Crippen molar-refractivity contribution in [3.8, 4) is 11.5 Å². The average Bonchev–Trinajstić information content (AvgIpc) is 2.98. The number of hydrogen-bond acceptors (Lipinski definition) is 7. The summed E-state index contributed by atoms with van der Waals surface area (Å²) in [5.74, 6) is 0.0285. The Hall–Kier alpha value is -2.11. The molecule has 1 aliphatic rings. The van der Waals surface area contributed by atoms with Gasteiger partial charge in [0.25, 0.3) is 16.0 Å². The average molecular weight is 500 g/mol. The molecular weight excluding hydrogens is 482 g/mol. The fourth-order valence-corrected chi connectivity index (χ4v) is 4.53. The minimum absolute atomic E-state index is 0.207. The molecule has 0 aliphatic carbocycles. The molecule has 0 aromatic heterocycles. The van der Waals surface area contributed by atoms with Crippen LogP contribution in [0.2, 0.25) is 5.02 Å². The molecule has 1 heterocycles. The number of rotatable bonds is 8. The summed E-state index contributed by atoms with van der Waals surface area (Å²) >= 11 is 12.1. The lowest BCUT2D eigenvalue weighted by molar-refractivity contribution is -0.121. The van der Waals surface area contributed by atoms with E-state index in [-0.39, 0.29) is 10.9 Å². The summed E-state index contributed by atoms with van der Waals surface area (Å²) in [6, 6.07) is 12.5. The van der Waals surface area contributed by atoms with Crippen molar-refractivity contribution in [1.82, 2.24) is 4.90 Å². The Balaban J connectivity index is 1.73. The first-order valence-electron chi connectivity index (χ1n) is 8.92. The minimum atomic E-state index is -4.20. The first kappa shape index (κ1) is 23.6. The van der Waals surface area contributed by atoms with Crippen molar-refractivity contribution in [2.75, 3.05) is 19.4 Å². The molecule has 1 saturated heterocycles. The van der Waals surface area contributed by atoms with E-state index >= 15 is 0 Å². The number of thiocarbonyl (C=S) groups is 1. The first-order chi connectivity index (χ1) is 14.7. The maximum Gasteiger partial charge on any atom is 0.266 e. The van der Waals surface area contributed by atoms with Gasteiger partial charge in [-0.3, -0.25) is 14.2 Å². The van der Waals surface area contributed by atoms with Crippen molar-refractivity contribution in [3.63, 3.8) is 0 Å². The van der Waals surface area contributed by atoms with Gasteiger partial charge in [0, 0.05) is 11.6 Å². The van der Waals surface area contributed by atoms with Crippen LogP contribution >= 0.6 is 35.6 Å². The van der Waals surface area contributed by atoms with Gasteiger partial charge in [0.2, 0.25) is 0 Å². The molecule has 7 nitrogen and oxygen atoms in total. The zero-order valence-corrected chi connectivity index (χ0v) is 19.5. The van der Waals surface area contributed by atoms with Crippen LogP contribution in [-0.4, -0.2) is 47.5 Å². The van der Waals surface area contributed by atoms with Gasteiger partial charge in [0.1, 0.15) is 10.9 Å². The molecule has 1 aliphatic heterocycles. The predicted molar refractivity (Wildman–Crippen MR) is 125 cm³/mol. The van der Waals surface area contributed by atoms with Gasteiger partial charge in [-0.15, -0.1) is 0 Å². The quantitative estimate of drug-likeness (QED) is 0.331. The Labute approximate surface area is 194 Å². The molecule has 1 fully saturated rings. The van der Waals surface area contributed by atoms with E-state index in [1.54, 1.807) is 36.4 Å².